The fourth-order valence-electron chi connectivity index (χ4n) is 2.27. The van der Waals surface area contributed by atoms with Crippen molar-refractivity contribution in [3.8, 4) is 0 Å². The Morgan fingerprint density at radius 2 is 1.67 bits per heavy atom. The standard InChI is InChI=1S/C14H29N/c1-5-9-14(10-11-15-8-4)12-13(6-2)7-3/h8,13-14H,5-7,9-12H2,1-4H3. The molecule has 0 aliphatic carbocycles. The van der Waals surface area contributed by atoms with Gasteiger partial charge in [0.1, 0.15) is 0 Å². The van der Waals surface area contributed by atoms with E-state index in [2.05, 4.69) is 25.8 Å². The molecule has 0 bridgehead atoms. The molecule has 0 saturated carbocycles. The summed E-state index contributed by atoms with van der Waals surface area (Å²) in [6, 6.07) is 0. The Kier molecular flexibility index (Phi) is 9.97. The van der Waals surface area contributed by atoms with Crippen LogP contribution in [0.4, 0.5) is 0 Å². The molecule has 0 heterocycles. The second kappa shape index (κ2) is 10.2. The van der Waals surface area contributed by atoms with Crippen molar-refractivity contribution in [2.45, 2.75) is 66.2 Å². The van der Waals surface area contributed by atoms with Crippen LogP contribution in [0.25, 0.3) is 0 Å². The molecular formula is C14H29N. The molecule has 15 heavy (non-hydrogen) atoms. The highest BCUT2D eigenvalue weighted by molar-refractivity contribution is 5.53. The SMILES string of the molecule is CC=NCCC(CCC)CC(CC)CC. The van der Waals surface area contributed by atoms with Crippen LogP contribution in [0.15, 0.2) is 4.99 Å². The highest BCUT2D eigenvalue weighted by Crippen LogP contribution is 2.24. The molecule has 1 unspecified atom stereocenters. The van der Waals surface area contributed by atoms with Gasteiger partial charge in [0, 0.05) is 6.54 Å². The van der Waals surface area contributed by atoms with Crippen molar-refractivity contribution in [1.29, 1.82) is 0 Å². The Balaban J connectivity index is 3.89. The summed E-state index contributed by atoms with van der Waals surface area (Å²) in [5.74, 6) is 1.84. The van der Waals surface area contributed by atoms with E-state index >= 15 is 0 Å². The minimum absolute atomic E-state index is 0.906. The Labute approximate surface area is 96.4 Å². The fourth-order valence-corrected chi connectivity index (χ4v) is 2.27. The van der Waals surface area contributed by atoms with E-state index in [9.17, 15) is 0 Å². The van der Waals surface area contributed by atoms with Crippen LogP contribution in [0, 0.1) is 11.8 Å². The average Bonchev–Trinajstić information content (AvgIpc) is 2.26. The van der Waals surface area contributed by atoms with Crippen LogP contribution in [0.5, 0.6) is 0 Å². The van der Waals surface area contributed by atoms with Gasteiger partial charge in [0.15, 0.2) is 0 Å². The molecule has 0 aromatic heterocycles. The van der Waals surface area contributed by atoms with Gasteiger partial charge in [-0.25, -0.2) is 0 Å². The van der Waals surface area contributed by atoms with E-state index < -0.39 is 0 Å². The van der Waals surface area contributed by atoms with E-state index in [1.165, 1.54) is 38.5 Å². The Bertz CT molecular complexity index is 147. The average molecular weight is 211 g/mol. The van der Waals surface area contributed by atoms with Gasteiger partial charge in [0.25, 0.3) is 0 Å². The Hall–Kier alpha value is -0.330. The number of hydrogen-bond donors (Lipinski definition) is 0. The number of rotatable bonds is 9. The molecule has 1 atom stereocenters. The van der Waals surface area contributed by atoms with Crippen LogP contribution >= 0.6 is 0 Å². The maximum atomic E-state index is 4.33. The number of nitrogens with zero attached hydrogens (tertiary/aromatic N) is 1. The third-order valence-electron chi connectivity index (χ3n) is 3.37. The summed E-state index contributed by atoms with van der Waals surface area (Å²) in [6.07, 6.45) is 10.0. The van der Waals surface area contributed by atoms with Gasteiger partial charge in [0.05, 0.1) is 0 Å². The van der Waals surface area contributed by atoms with Gasteiger partial charge in [-0.1, -0.05) is 46.5 Å². The zero-order valence-corrected chi connectivity index (χ0v) is 11.1. The van der Waals surface area contributed by atoms with Crippen molar-refractivity contribution in [2.24, 2.45) is 16.8 Å². The first-order valence-corrected chi connectivity index (χ1v) is 6.72. The second-order valence-corrected chi connectivity index (χ2v) is 4.53. The van der Waals surface area contributed by atoms with E-state index in [0.29, 0.717) is 0 Å². The highest BCUT2D eigenvalue weighted by Gasteiger charge is 2.12. The lowest BCUT2D eigenvalue weighted by molar-refractivity contribution is 0.323. The van der Waals surface area contributed by atoms with Crippen LogP contribution in [-0.4, -0.2) is 12.8 Å². The van der Waals surface area contributed by atoms with Crippen molar-refractivity contribution in [1.82, 2.24) is 0 Å². The van der Waals surface area contributed by atoms with Crippen molar-refractivity contribution < 1.29 is 0 Å². The molecule has 0 fully saturated rings. The monoisotopic (exact) mass is 211 g/mol. The molecule has 0 aromatic rings. The summed E-state index contributed by atoms with van der Waals surface area (Å²) < 4.78 is 0. The first-order chi connectivity index (χ1) is 7.28. The van der Waals surface area contributed by atoms with Gasteiger partial charge in [0.2, 0.25) is 0 Å². The third kappa shape index (κ3) is 7.58. The molecular weight excluding hydrogens is 182 g/mol. The van der Waals surface area contributed by atoms with Gasteiger partial charge in [-0.3, -0.25) is 4.99 Å². The third-order valence-corrected chi connectivity index (χ3v) is 3.37. The van der Waals surface area contributed by atoms with Crippen LogP contribution < -0.4 is 0 Å². The lowest BCUT2D eigenvalue weighted by Crippen LogP contribution is -2.09. The maximum absolute atomic E-state index is 4.33. The van der Waals surface area contributed by atoms with E-state index in [1.807, 2.05) is 13.1 Å². The quantitative estimate of drug-likeness (QED) is 0.490. The molecule has 0 N–H and O–H groups in total. The normalized spacial score (nSPS) is 13.9. The molecule has 0 saturated heterocycles. The largest absolute Gasteiger partial charge is 0.298 e. The van der Waals surface area contributed by atoms with Crippen molar-refractivity contribution in [3.05, 3.63) is 0 Å². The molecule has 0 spiro atoms. The first-order valence-electron chi connectivity index (χ1n) is 6.72. The van der Waals surface area contributed by atoms with Gasteiger partial charge >= 0.3 is 0 Å². The Morgan fingerprint density at radius 3 is 2.13 bits per heavy atom. The van der Waals surface area contributed by atoms with Gasteiger partial charge in [-0.15, -0.1) is 0 Å². The smallest absolute Gasteiger partial charge is 0.0387 e. The van der Waals surface area contributed by atoms with Gasteiger partial charge < -0.3 is 0 Å². The zero-order chi connectivity index (χ0) is 11.5. The van der Waals surface area contributed by atoms with Gasteiger partial charge in [-0.2, -0.15) is 0 Å². The lowest BCUT2D eigenvalue weighted by atomic mass is 9.86. The summed E-state index contributed by atoms with van der Waals surface area (Å²) in [6.45, 7) is 9.97. The lowest BCUT2D eigenvalue weighted by Gasteiger charge is -2.20. The van der Waals surface area contributed by atoms with Gasteiger partial charge in [-0.05, 0) is 37.8 Å². The van der Waals surface area contributed by atoms with Crippen molar-refractivity contribution in [3.63, 3.8) is 0 Å². The molecule has 0 aromatic carbocycles. The fraction of sp³-hybridized carbons (Fsp3) is 0.929. The second-order valence-electron chi connectivity index (χ2n) is 4.53. The summed E-state index contributed by atoms with van der Waals surface area (Å²) in [4.78, 5) is 4.33. The summed E-state index contributed by atoms with van der Waals surface area (Å²) in [5.41, 5.74) is 0. The molecule has 0 aliphatic heterocycles. The molecule has 1 heteroatoms. The highest BCUT2D eigenvalue weighted by atomic mass is 14.7. The van der Waals surface area contributed by atoms with E-state index in [4.69, 9.17) is 0 Å². The zero-order valence-electron chi connectivity index (χ0n) is 11.1. The summed E-state index contributed by atoms with van der Waals surface area (Å²) in [5, 5.41) is 0. The minimum atomic E-state index is 0.906. The molecule has 0 radical (unpaired) electrons. The van der Waals surface area contributed by atoms with Crippen LogP contribution in [0.1, 0.15) is 66.2 Å². The molecule has 1 nitrogen and oxygen atoms in total. The molecule has 90 valence electrons. The summed E-state index contributed by atoms with van der Waals surface area (Å²) in [7, 11) is 0. The topological polar surface area (TPSA) is 12.4 Å². The van der Waals surface area contributed by atoms with Crippen LogP contribution in [-0.2, 0) is 0 Å². The van der Waals surface area contributed by atoms with E-state index in [0.717, 1.165) is 18.4 Å². The van der Waals surface area contributed by atoms with Crippen molar-refractivity contribution in [2.75, 3.05) is 6.54 Å². The Morgan fingerprint density at radius 1 is 1.00 bits per heavy atom. The number of aliphatic imine (C=N–C) groups is 1. The number of hydrogen-bond acceptors (Lipinski definition) is 1. The first kappa shape index (κ1) is 14.7. The van der Waals surface area contributed by atoms with Crippen LogP contribution in [0.3, 0.4) is 0 Å². The summed E-state index contributed by atoms with van der Waals surface area (Å²) >= 11 is 0. The predicted molar refractivity (Wildman–Crippen MR) is 70.7 cm³/mol. The van der Waals surface area contributed by atoms with E-state index in [1.54, 1.807) is 0 Å². The molecule has 0 aliphatic rings. The molecule has 0 amide bonds. The van der Waals surface area contributed by atoms with Crippen molar-refractivity contribution >= 4 is 6.21 Å². The molecule has 0 rings (SSSR count). The van der Waals surface area contributed by atoms with E-state index in [-0.39, 0.29) is 0 Å². The predicted octanol–water partition coefficient (Wildman–Crippen LogP) is 4.71. The minimum Gasteiger partial charge on any atom is -0.298 e. The maximum Gasteiger partial charge on any atom is 0.0387 e. The van der Waals surface area contributed by atoms with Crippen LogP contribution in [0.2, 0.25) is 0 Å².